The summed E-state index contributed by atoms with van der Waals surface area (Å²) in [7, 11) is 0. The third-order valence-electron chi connectivity index (χ3n) is 4.67. The van der Waals surface area contributed by atoms with E-state index >= 15 is 0 Å². The van der Waals surface area contributed by atoms with Gasteiger partial charge in [-0.15, -0.1) is 0 Å². The van der Waals surface area contributed by atoms with E-state index in [1.807, 2.05) is 4.90 Å². The van der Waals surface area contributed by atoms with Crippen molar-refractivity contribution in [1.29, 1.82) is 0 Å². The fourth-order valence-electron chi connectivity index (χ4n) is 3.09. The number of ketones is 1. The van der Waals surface area contributed by atoms with E-state index in [2.05, 4.69) is 0 Å². The Labute approximate surface area is 174 Å². The minimum absolute atomic E-state index is 0.0396. The number of nitrogens with zero attached hydrogens (tertiary/aromatic N) is 1. The number of alkyl halides is 3. The second-order valence-corrected chi connectivity index (χ2v) is 6.47. The zero-order valence-electron chi connectivity index (χ0n) is 24.2. The molecule has 5 rings (SSSR count). The molecule has 28 heavy (non-hydrogen) atoms. The molecule has 148 valence electrons. The van der Waals surface area contributed by atoms with Gasteiger partial charge in [0.25, 0.3) is 0 Å². The summed E-state index contributed by atoms with van der Waals surface area (Å²) in [5.41, 5.74) is -0.677. The molecule has 2 fully saturated rings. The van der Waals surface area contributed by atoms with Crippen LogP contribution in [0.1, 0.15) is 35.7 Å². The molecule has 3 atom stereocenters. The Hall–Kier alpha value is -2.48. The first-order chi connectivity index (χ1) is 17.3. The molecule has 0 aromatic heterocycles. The highest BCUT2D eigenvalue weighted by molar-refractivity contribution is 6.00. The molecule has 3 aliphatic heterocycles. The number of hydrogen-bond acceptors (Lipinski definition) is 5. The largest absolute Gasteiger partial charge is 0.458 e. The van der Waals surface area contributed by atoms with Crippen molar-refractivity contribution in [3.63, 3.8) is 0 Å². The number of carbonyl (C=O) groups excluding carboxylic acids is 1. The Kier molecular flexibility index (Phi) is 2.20. The zero-order valence-corrected chi connectivity index (χ0v) is 14.2. The molecule has 0 bridgehead atoms. The van der Waals surface area contributed by atoms with Crippen LogP contribution in [0.3, 0.4) is 0 Å². The number of hydrogen-bond donors (Lipinski definition) is 2. The normalized spacial score (nSPS) is 47.5. The van der Waals surface area contributed by atoms with Crippen molar-refractivity contribution in [1.82, 2.24) is 10.6 Å². The Balaban J connectivity index is 1.77. The van der Waals surface area contributed by atoms with E-state index in [0.29, 0.717) is 0 Å². The summed E-state index contributed by atoms with van der Waals surface area (Å²) in [6.45, 7) is 1.61. The Bertz CT molecular complexity index is 1300. The quantitative estimate of drug-likeness (QED) is 0.798. The average molecular weight is 401 g/mol. The number of ether oxygens (including phenoxy) is 1. The Morgan fingerprint density at radius 1 is 1.29 bits per heavy atom. The van der Waals surface area contributed by atoms with Gasteiger partial charge in [-0.3, -0.25) is 10.1 Å². The first-order valence-corrected chi connectivity index (χ1v) is 8.50. The molecular formula is C20H20F3N3O2. The Morgan fingerprint density at radius 3 is 2.68 bits per heavy atom. The summed E-state index contributed by atoms with van der Waals surface area (Å²) in [6, 6.07) is 1.25. The predicted molar refractivity (Wildman–Crippen MR) is 97.0 cm³/mol. The summed E-state index contributed by atoms with van der Waals surface area (Å²) in [4.78, 5) is 15.4. The monoisotopic (exact) mass is 401 g/mol. The molecule has 4 aliphatic rings. The summed E-state index contributed by atoms with van der Waals surface area (Å²) >= 11 is 0. The lowest BCUT2D eigenvalue weighted by molar-refractivity contribution is -0.157. The molecule has 3 heterocycles. The van der Waals surface area contributed by atoms with E-state index in [0.717, 1.165) is 25.2 Å². The topological polar surface area (TPSA) is 53.6 Å². The first kappa shape index (κ1) is 9.82. The van der Waals surface area contributed by atoms with Crippen LogP contribution in [0.5, 0.6) is 0 Å². The van der Waals surface area contributed by atoms with Crippen LogP contribution in [0, 0.1) is 5.89 Å². The number of rotatable bonds is 2. The molecule has 3 unspecified atom stereocenters. The lowest BCUT2D eigenvalue weighted by atomic mass is 9.84. The average Bonchev–Trinajstić information content (AvgIpc) is 2.96. The van der Waals surface area contributed by atoms with Gasteiger partial charge >= 0.3 is 6.18 Å². The van der Waals surface area contributed by atoms with E-state index < -0.39 is 76.6 Å². The van der Waals surface area contributed by atoms with Gasteiger partial charge in [-0.05, 0) is 43.4 Å². The van der Waals surface area contributed by atoms with Crippen LogP contribution in [0.15, 0.2) is 41.8 Å². The number of allylic oxidation sites excluding steroid dienone is 2. The third-order valence-corrected chi connectivity index (χ3v) is 4.67. The summed E-state index contributed by atoms with van der Waals surface area (Å²) in [5, 5.41) is -1.66. The van der Waals surface area contributed by atoms with Crippen molar-refractivity contribution < 1.29 is 36.5 Å². The van der Waals surface area contributed by atoms with E-state index in [1.165, 1.54) is 12.1 Å². The van der Waals surface area contributed by atoms with E-state index in [-0.39, 0.29) is 5.56 Å². The highest BCUT2D eigenvalue weighted by Crippen LogP contribution is 2.41. The van der Waals surface area contributed by atoms with Crippen LogP contribution in [0.4, 0.5) is 18.9 Å². The van der Waals surface area contributed by atoms with Gasteiger partial charge in [-0.25, -0.2) is 0 Å². The standard InChI is InChI=1S/C20H20F3N3O2/c21-20(22,23)19-24-14-7-6-13-15(27)10-16(28-18(13)17(14)25-19)11-2-4-12(5-3-11)26-8-1-9-26/h2-5,10,13-14,19,24-25H,1,6-9H2/i6D2,7D2,10D,13D,14D,19D/hD2. The van der Waals surface area contributed by atoms with Gasteiger partial charge in [-0.1, -0.05) is 0 Å². The van der Waals surface area contributed by atoms with Crippen LogP contribution in [0.2, 0.25) is 2.82 Å². The van der Waals surface area contributed by atoms with Crippen LogP contribution < -0.4 is 15.5 Å². The molecule has 1 aliphatic carbocycles. The number of nitrogens with one attached hydrogen (secondary N) is 2. The van der Waals surface area contributed by atoms with Crippen molar-refractivity contribution in [3.8, 4) is 0 Å². The van der Waals surface area contributed by atoms with Crippen molar-refractivity contribution in [2.75, 3.05) is 18.0 Å². The SMILES string of the molecule is [2H]C1=C(c2ccc(N3CCC3)cc2)OC2=C3N([2H])C([2H])(C(F)(F)F)N([2H])C3([2H])C([2H])([2H])C([2H])([2H])C2([2H])C1=O. The molecular weight excluding hydrogens is 371 g/mol. The lowest BCUT2D eigenvalue weighted by Crippen LogP contribution is -2.46. The number of fused-ring (bicyclic) bond motifs is 2. The van der Waals surface area contributed by atoms with Gasteiger partial charge in [0.2, 0.25) is 0 Å². The molecule has 2 saturated heterocycles. The van der Waals surface area contributed by atoms with Crippen LogP contribution in [0.25, 0.3) is 5.76 Å². The van der Waals surface area contributed by atoms with Crippen molar-refractivity contribution >= 4 is 17.2 Å². The molecule has 8 heteroatoms. The van der Waals surface area contributed by atoms with Crippen molar-refractivity contribution in [2.24, 2.45) is 5.89 Å². The summed E-state index contributed by atoms with van der Waals surface area (Å²) < 4.78 is 130. The van der Waals surface area contributed by atoms with Gasteiger partial charge in [-0.2, -0.15) is 13.2 Å². The summed E-state index contributed by atoms with van der Waals surface area (Å²) in [6.07, 6.45) is -17.0. The molecule has 0 saturated carbocycles. The van der Waals surface area contributed by atoms with E-state index in [1.54, 1.807) is 12.1 Å². The fraction of sp³-hybridized carbons (Fsp3) is 0.450. The van der Waals surface area contributed by atoms with Crippen molar-refractivity contribution in [2.45, 2.75) is 37.5 Å². The number of anilines is 1. The highest BCUT2D eigenvalue weighted by Gasteiger charge is 2.50. The number of halogens is 3. The van der Waals surface area contributed by atoms with Crippen LogP contribution in [-0.2, 0) is 9.53 Å². The van der Waals surface area contributed by atoms with Gasteiger partial charge in [0.1, 0.15) is 12.9 Å². The molecule has 1 aromatic rings. The van der Waals surface area contributed by atoms with Gasteiger partial charge < -0.3 is 14.9 Å². The van der Waals surface area contributed by atoms with E-state index in [9.17, 15) is 18.0 Å². The first-order valence-electron chi connectivity index (χ1n) is 13.4. The maximum atomic E-state index is 14.0. The van der Waals surface area contributed by atoms with Crippen molar-refractivity contribution in [3.05, 3.63) is 47.3 Å². The number of benzene rings is 1. The minimum Gasteiger partial charge on any atom is -0.458 e. The smallest absolute Gasteiger partial charge is 0.422 e. The second-order valence-electron chi connectivity index (χ2n) is 6.47. The lowest BCUT2D eigenvalue weighted by Gasteiger charge is -2.34. The third kappa shape index (κ3) is 2.87. The maximum Gasteiger partial charge on any atom is 0.422 e. The molecule has 5 nitrogen and oxygen atoms in total. The molecule has 2 N–H and O–H groups in total. The highest BCUT2D eigenvalue weighted by atomic mass is 19.4. The Morgan fingerprint density at radius 2 is 2.04 bits per heavy atom. The fourth-order valence-corrected chi connectivity index (χ4v) is 3.09. The van der Waals surface area contributed by atoms with Crippen LogP contribution >= 0.6 is 0 Å². The zero-order chi connectivity index (χ0) is 28.4. The second kappa shape index (κ2) is 6.27. The maximum absolute atomic E-state index is 14.0. The minimum atomic E-state index is -5.77. The van der Waals surface area contributed by atoms with Gasteiger partial charge in [0.15, 0.2) is 13.3 Å². The van der Waals surface area contributed by atoms with Crippen LogP contribution in [-0.4, -0.2) is 37.2 Å². The summed E-state index contributed by atoms with van der Waals surface area (Å²) in [5.74, 6) is -7.20. The molecule has 0 spiro atoms. The number of carbonyl (C=O) groups is 1. The molecule has 0 radical (unpaired) electrons. The van der Waals surface area contributed by atoms with E-state index in [4.69, 9.17) is 18.5 Å². The van der Waals surface area contributed by atoms with Gasteiger partial charge in [0.05, 0.1) is 21.7 Å². The van der Waals surface area contributed by atoms with Gasteiger partial charge in [0, 0.05) is 37.2 Å². The predicted octanol–water partition coefficient (Wildman–Crippen LogP) is 2.91. The molecule has 0 amide bonds. The molecule has 1 aromatic carbocycles.